The number of hydrogen-bond donors (Lipinski definition) is 1. The molecule has 0 saturated carbocycles. The van der Waals surface area contributed by atoms with Crippen molar-refractivity contribution in [3.63, 3.8) is 0 Å². The number of para-hydroxylation sites is 1. The molecule has 0 radical (unpaired) electrons. The van der Waals surface area contributed by atoms with Crippen molar-refractivity contribution < 1.29 is 19.1 Å². The first kappa shape index (κ1) is 20.7. The van der Waals surface area contributed by atoms with Crippen molar-refractivity contribution in [3.8, 4) is 11.5 Å². The van der Waals surface area contributed by atoms with E-state index >= 15 is 0 Å². The average molecular weight is 396 g/mol. The van der Waals surface area contributed by atoms with Gasteiger partial charge in [0.05, 0.1) is 12.3 Å². The summed E-state index contributed by atoms with van der Waals surface area (Å²) in [7, 11) is 0. The molecule has 3 rings (SSSR count). The molecule has 1 aliphatic heterocycles. The lowest BCUT2D eigenvalue weighted by Gasteiger charge is -2.30. The van der Waals surface area contributed by atoms with Crippen molar-refractivity contribution in [1.82, 2.24) is 0 Å². The molecular weight excluding hydrogens is 368 g/mol. The first-order chi connectivity index (χ1) is 14.0. The molecule has 0 saturated heterocycles. The second kappa shape index (κ2) is 9.45. The maximum absolute atomic E-state index is 12.4. The van der Waals surface area contributed by atoms with Gasteiger partial charge in [0.15, 0.2) is 6.61 Å². The molecule has 2 aromatic rings. The molecule has 1 aliphatic rings. The standard InChI is InChI=1S/C23H28N2O4/c1-16(2)23(27)24-18-10-11-21-19(14-18)25(22(26)15-29-21)12-6-7-13-28-20-9-5-4-8-17(20)3/h4-5,8-11,14,16H,6-7,12-13,15H2,1-3H3,(H,24,27). The Hall–Kier alpha value is -3.02. The number of fused-ring (bicyclic) bond motifs is 1. The van der Waals surface area contributed by atoms with Gasteiger partial charge in [-0.3, -0.25) is 9.59 Å². The minimum absolute atomic E-state index is 0.0322. The zero-order valence-electron chi connectivity index (χ0n) is 17.2. The van der Waals surface area contributed by atoms with Crippen molar-refractivity contribution in [2.24, 2.45) is 5.92 Å². The van der Waals surface area contributed by atoms with E-state index < -0.39 is 0 Å². The van der Waals surface area contributed by atoms with E-state index in [2.05, 4.69) is 5.32 Å². The van der Waals surface area contributed by atoms with Crippen molar-refractivity contribution in [1.29, 1.82) is 0 Å². The summed E-state index contributed by atoms with van der Waals surface area (Å²) < 4.78 is 11.4. The van der Waals surface area contributed by atoms with Crippen LogP contribution in [0.5, 0.6) is 11.5 Å². The molecule has 1 heterocycles. The predicted octanol–water partition coefficient (Wildman–Crippen LogP) is 4.17. The van der Waals surface area contributed by atoms with E-state index in [9.17, 15) is 9.59 Å². The highest BCUT2D eigenvalue weighted by molar-refractivity contribution is 5.99. The molecule has 1 N–H and O–H groups in total. The van der Waals surface area contributed by atoms with Crippen molar-refractivity contribution >= 4 is 23.2 Å². The number of carbonyl (C=O) groups is 2. The molecule has 0 spiro atoms. The Morgan fingerprint density at radius 1 is 1.21 bits per heavy atom. The number of benzene rings is 2. The van der Waals surface area contributed by atoms with Crippen LogP contribution in [0, 0.1) is 12.8 Å². The maximum Gasteiger partial charge on any atom is 0.265 e. The zero-order chi connectivity index (χ0) is 20.8. The zero-order valence-corrected chi connectivity index (χ0v) is 17.2. The molecule has 0 aromatic heterocycles. The summed E-state index contributed by atoms with van der Waals surface area (Å²) in [5.41, 5.74) is 2.47. The average Bonchev–Trinajstić information content (AvgIpc) is 2.70. The van der Waals surface area contributed by atoms with Crippen LogP contribution < -0.4 is 19.7 Å². The lowest BCUT2D eigenvalue weighted by Crippen LogP contribution is -2.39. The van der Waals surface area contributed by atoms with E-state index in [-0.39, 0.29) is 24.3 Å². The smallest absolute Gasteiger partial charge is 0.265 e. The van der Waals surface area contributed by atoms with Gasteiger partial charge in [0.2, 0.25) is 5.91 Å². The van der Waals surface area contributed by atoms with Crippen LogP contribution in [-0.2, 0) is 9.59 Å². The van der Waals surface area contributed by atoms with Crippen molar-refractivity contribution in [2.45, 2.75) is 33.6 Å². The van der Waals surface area contributed by atoms with Crippen LogP contribution in [0.25, 0.3) is 0 Å². The Morgan fingerprint density at radius 2 is 2.00 bits per heavy atom. The second-order valence-corrected chi connectivity index (χ2v) is 7.48. The van der Waals surface area contributed by atoms with E-state index in [4.69, 9.17) is 9.47 Å². The summed E-state index contributed by atoms with van der Waals surface area (Å²) in [4.78, 5) is 26.1. The quantitative estimate of drug-likeness (QED) is 0.680. The molecule has 2 aromatic carbocycles. The van der Waals surface area contributed by atoms with Gasteiger partial charge < -0.3 is 19.7 Å². The fraction of sp³-hybridized carbons (Fsp3) is 0.391. The Bertz CT molecular complexity index is 879. The third-order valence-corrected chi connectivity index (χ3v) is 4.82. The lowest BCUT2D eigenvalue weighted by molar-refractivity contribution is -0.121. The number of hydrogen-bond acceptors (Lipinski definition) is 4. The first-order valence-electron chi connectivity index (χ1n) is 10.0. The van der Waals surface area contributed by atoms with Crippen LogP contribution in [0.2, 0.25) is 0 Å². The van der Waals surface area contributed by atoms with Gasteiger partial charge in [-0.2, -0.15) is 0 Å². The van der Waals surface area contributed by atoms with Crippen molar-refractivity contribution in [2.75, 3.05) is 30.0 Å². The van der Waals surface area contributed by atoms with Crippen LogP contribution in [-0.4, -0.2) is 31.6 Å². The number of rotatable bonds is 8. The van der Waals surface area contributed by atoms with Gasteiger partial charge in [-0.1, -0.05) is 32.0 Å². The molecule has 2 amide bonds. The van der Waals surface area contributed by atoms with Gasteiger partial charge in [0.25, 0.3) is 5.91 Å². The maximum atomic E-state index is 12.4. The predicted molar refractivity (Wildman–Crippen MR) is 114 cm³/mol. The Balaban J connectivity index is 1.59. The minimum atomic E-state index is -0.117. The summed E-state index contributed by atoms with van der Waals surface area (Å²) in [6.45, 7) is 6.91. The Kier molecular flexibility index (Phi) is 6.75. The number of ether oxygens (including phenoxy) is 2. The molecule has 154 valence electrons. The van der Waals surface area contributed by atoms with Crippen LogP contribution >= 0.6 is 0 Å². The number of carbonyl (C=O) groups excluding carboxylic acids is 2. The van der Waals surface area contributed by atoms with Gasteiger partial charge in [-0.15, -0.1) is 0 Å². The van der Waals surface area contributed by atoms with Gasteiger partial charge >= 0.3 is 0 Å². The van der Waals surface area contributed by atoms with Gasteiger partial charge in [-0.05, 0) is 49.6 Å². The minimum Gasteiger partial charge on any atom is -0.493 e. The summed E-state index contributed by atoms with van der Waals surface area (Å²) in [6.07, 6.45) is 1.64. The van der Waals surface area contributed by atoms with Crippen molar-refractivity contribution in [3.05, 3.63) is 48.0 Å². The van der Waals surface area contributed by atoms with E-state index in [1.807, 2.05) is 45.0 Å². The number of amides is 2. The van der Waals surface area contributed by atoms with E-state index in [0.717, 1.165) is 24.2 Å². The summed E-state index contributed by atoms with van der Waals surface area (Å²) in [6, 6.07) is 13.3. The third kappa shape index (κ3) is 5.28. The summed E-state index contributed by atoms with van der Waals surface area (Å²) >= 11 is 0. The second-order valence-electron chi connectivity index (χ2n) is 7.48. The molecule has 29 heavy (non-hydrogen) atoms. The Morgan fingerprint density at radius 3 is 2.76 bits per heavy atom. The fourth-order valence-electron chi connectivity index (χ4n) is 3.08. The Labute approximate surface area is 171 Å². The molecule has 0 fully saturated rings. The van der Waals surface area contributed by atoms with Gasteiger partial charge in [0.1, 0.15) is 11.5 Å². The van der Waals surface area contributed by atoms with Gasteiger partial charge in [-0.25, -0.2) is 0 Å². The summed E-state index contributed by atoms with van der Waals surface area (Å²) in [5, 5.41) is 2.87. The van der Waals surface area contributed by atoms with Crippen LogP contribution in [0.3, 0.4) is 0 Å². The lowest BCUT2D eigenvalue weighted by atomic mass is 10.1. The normalized spacial score (nSPS) is 13.1. The molecule has 0 bridgehead atoms. The SMILES string of the molecule is Cc1ccccc1OCCCCN1C(=O)COc2ccc(NC(=O)C(C)C)cc21. The van der Waals surface area contributed by atoms with Crippen LogP contribution in [0.4, 0.5) is 11.4 Å². The number of nitrogens with zero attached hydrogens (tertiary/aromatic N) is 1. The molecule has 0 atom stereocenters. The monoisotopic (exact) mass is 396 g/mol. The van der Waals surface area contributed by atoms with Crippen LogP contribution in [0.15, 0.2) is 42.5 Å². The third-order valence-electron chi connectivity index (χ3n) is 4.82. The number of nitrogens with one attached hydrogen (secondary N) is 1. The highest BCUT2D eigenvalue weighted by Crippen LogP contribution is 2.35. The topological polar surface area (TPSA) is 67.9 Å². The van der Waals surface area contributed by atoms with Crippen LogP contribution in [0.1, 0.15) is 32.3 Å². The summed E-state index contributed by atoms with van der Waals surface area (Å²) in [5.74, 6) is 1.29. The number of aryl methyl sites for hydroxylation is 1. The highest BCUT2D eigenvalue weighted by atomic mass is 16.5. The molecule has 6 nitrogen and oxygen atoms in total. The molecule has 0 aliphatic carbocycles. The van der Waals surface area contributed by atoms with E-state index in [0.29, 0.717) is 30.3 Å². The molecule has 0 unspecified atom stereocenters. The molecular formula is C23H28N2O4. The highest BCUT2D eigenvalue weighted by Gasteiger charge is 2.25. The van der Waals surface area contributed by atoms with E-state index in [1.165, 1.54) is 0 Å². The number of unbranched alkanes of at least 4 members (excludes halogenated alkanes) is 1. The number of anilines is 2. The molecule has 6 heteroatoms. The first-order valence-corrected chi connectivity index (χ1v) is 10.0. The fourth-order valence-corrected chi connectivity index (χ4v) is 3.08. The van der Waals surface area contributed by atoms with Gasteiger partial charge in [0, 0.05) is 18.2 Å². The van der Waals surface area contributed by atoms with E-state index in [1.54, 1.807) is 23.1 Å². The largest absolute Gasteiger partial charge is 0.493 e.